The Morgan fingerprint density at radius 3 is 2.43 bits per heavy atom. The number of unbranched alkanes of at least 4 members (excludes halogenated alkanes) is 1. The highest BCUT2D eigenvalue weighted by molar-refractivity contribution is 5.85. The van der Waals surface area contributed by atoms with Gasteiger partial charge >= 0.3 is 0 Å². The molecule has 4 nitrogen and oxygen atoms in total. The number of carbonyl (C=O) groups excluding carboxylic acids is 1. The molecule has 1 aromatic carbocycles. The van der Waals surface area contributed by atoms with E-state index in [1.165, 1.54) is 0 Å². The second kappa shape index (κ2) is 14.5. The molecule has 6 heteroatoms. The van der Waals surface area contributed by atoms with E-state index in [0.29, 0.717) is 26.1 Å². The Balaban J connectivity index is 0. The van der Waals surface area contributed by atoms with Crippen LogP contribution in [0.4, 0.5) is 0 Å². The molecule has 1 amide bonds. The molecule has 0 aliphatic carbocycles. The van der Waals surface area contributed by atoms with Gasteiger partial charge in [-0.25, -0.2) is 0 Å². The van der Waals surface area contributed by atoms with Crippen molar-refractivity contribution < 1.29 is 4.79 Å². The van der Waals surface area contributed by atoms with Crippen molar-refractivity contribution >= 4 is 36.8 Å². The van der Waals surface area contributed by atoms with E-state index in [1.807, 2.05) is 49.4 Å². The molecule has 0 saturated carbocycles. The molecule has 23 heavy (non-hydrogen) atoms. The maximum absolute atomic E-state index is 12.2. The summed E-state index contributed by atoms with van der Waals surface area (Å²) in [7, 11) is 0. The maximum Gasteiger partial charge on any atom is 0.239 e. The largest absolute Gasteiger partial charge is 0.338 e. The van der Waals surface area contributed by atoms with Crippen LogP contribution in [0.2, 0.25) is 0 Å². The number of amides is 1. The van der Waals surface area contributed by atoms with E-state index in [-0.39, 0.29) is 30.7 Å². The summed E-state index contributed by atoms with van der Waals surface area (Å²) in [5.74, 6) is 0.0206. The van der Waals surface area contributed by atoms with Gasteiger partial charge in [0, 0.05) is 13.1 Å². The lowest BCUT2D eigenvalue weighted by atomic mass is 10.1. The Bertz CT molecular complexity index is 441. The van der Waals surface area contributed by atoms with Crippen LogP contribution < -0.4 is 11.5 Å². The van der Waals surface area contributed by atoms with E-state index in [0.717, 1.165) is 18.4 Å². The number of nitrogens with zero attached hydrogens (tertiary/aromatic N) is 1. The molecule has 0 saturated heterocycles. The van der Waals surface area contributed by atoms with Gasteiger partial charge in [0.1, 0.15) is 0 Å². The number of likely N-dealkylation sites (N-methyl/N-ethyl adjacent to an activating group) is 1. The lowest BCUT2D eigenvalue weighted by Crippen LogP contribution is -2.43. The summed E-state index contributed by atoms with van der Waals surface area (Å²) < 4.78 is 0. The van der Waals surface area contributed by atoms with Crippen molar-refractivity contribution in [3.63, 3.8) is 0 Å². The highest BCUT2D eigenvalue weighted by Crippen LogP contribution is 2.05. The van der Waals surface area contributed by atoms with Crippen LogP contribution in [0, 0.1) is 0 Å². The van der Waals surface area contributed by atoms with E-state index < -0.39 is 6.04 Å². The van der Waals surface area contributed by atoms with E-state index in [1.54, 1.807) is 4.90 Å². The summed E-state index contributed by atoms with van der Waals surface area (Å²) in [6, 6.07) is 9.63. The molecule has 0 bridgehead atoms. The Kier molecular flexibility index (Phi) is 15.3. The molecule has 0 fully saturated rings. The normalized spacial score (nSPS) is 11.4. The molecule has 1 atom stereocenters. The molecule has 0 spiro atoms. The van der Waals surface area contributed by atoms with Crippen molar-refractivity contribution in [1.29, 1.82) is 0 Å². The quantitative estimate of drug-likeness (QED) is 0.664. The minimum atomic E-state index is -0.415. The lowest BCUT2D eigenvalue weighted by molar-refractivity contribution is -0.132. The summed E-state index contributed by atoms with van der Waals surface area (Å²) in [4.78, 5) is 14.0. The zero-order valence-electron chi connectivity index (χ0n) is 13.7. The zero-order valence-corrected chi connectivity index (χ0v) is 15.3. The first-order valence-electron chi connectivity index (χ1n) is 7.65. The van der Waals surface area contributed by atoms with Crippen LogP contribution in [0.1, 0.15) is 31.7 Å². The fourth-order valence-electron chi connectivity index (χ4n) is 2.12. The first-order valence-corrected chi connectivity index (χ1v) is 7.65. The molecule has 0 heterocycles. The standard InChI is InChI=1S/C17H27N3O.2ClH/c1-2-20(17(21)16(19)12-6-7-13-18)14-8-11-15-9-4-3-5-10-15;;/h3-5,8-11,16H,2,6-7,12-14,18-19H2,1H3;2*1H/t16-;;/m0../s1. The number of halogens is 2. The van der Waals surface area contributed by atoms with Crippen LogP contribution in [-0.4, -0.2) is 36.5 Å². The number of benzene rings is 1. The fraction of sp³-hybridized carbons (Fsp3) is 0.471. The summed E-state index contributed by atoms with van der Waals surface area (Å²) in [6.07, 6.45) is 6.55. The topological polar surface area (TPSA) is 72.3 Å². The number of rotatable bonds is 9. The van der Waals surface area contributed by atoms with Gasteiger partial charge in [-0.2, -0.15) is 0 Å². The predicted octanol–water partition coefficient (Wildman–Crippen LogP) is 2.85. The molecular weight excluding hydrogens is 333 g/mol. The number of hydrogen-bond donors (Lipinski definition) is 2. The SMILES string of the molecule is CCN(CC=Cc1ccccc1)C(=O)[C@@H](N)CCCCN.Cl.Cl. The number of carbonyl (C=O) groups is 1. The van der Waals surface area contributed by atoms with Crippen molar-refractivity contribution in [1.82, 2.24) is 4.90 Å². The van der Waals surface area contributed by atoms with Gasteiger partial charge in [0.05, 0.1) is 6.04 Å². The molecule has 0 radical (unpaired) electrons. The van der Waals surface area contributed by atoms with Gasteiger partial charge < -0.3 is 16.4 Å². The third-order valence-electron chi connectivity index (χ3n) is 3.42. The zero-order chi connectivity index (χ0) is 15.5. The molecule has 4 N–H and O–H groups in total. The fourth-order valence-corrected chi connectivity index (χ4v) is 2.12. The predicted molar refractivity (Wildman–Crippen MR) is 103 cm³/mol. The van der Waals surface area contributed by atoms with Crippen molar-refractivity contribution in [2.24, 2.45) is 11.5 Å². The first kappa shape index (κ1) is 24.2. The highest BCUT2D eigenvalue weighted by atomic mass is 35.5. The third kappa shape index (κ3) is 9.61. The van der Waals surface area contributed by atoms with E-state index in [2.05, 4.69) is 0 Å². The molecular formula is C17H29Cl2N3O. The monoisotopic (exact) mass is 361 g/mol. The number of hydrogen-bond acceptors (Lipinski definition) is 3. The van der Waals surface area contributed by atoms with Gasteiger partial charge in [-0.1, -0.05) is 48.9 Å². The van der Waals surface area contributed by atoms with Gasteiger partial charge in [-0.05, 0) is 31.9 Å². The molecule has 0 aromatic heterocycles. The summed E-state index contributed by atoms with van der Waals surface area (Å²) in [6.45, 7) is 3.89. The second-order valence-electron chi connectivity index (χ2n) is 5.08. The summed E-state index contributed by atoms with van der Waals surface area (Å²) in [5.41, 5.74) is 12.5. The Morgan fingerprint density at radius 2 is 1.87 bits per heavy atom. The average Bonchev–Trinajstić information content (AvgIpc) is 2.52. The third-order valence-corrected chi connectivity index (χ3v) is 3.42. The van der Waals surface area contributed by atoms with Crippen molar-refractivity contribution in [2.45, 2.75) is 32.2 Å². The average molecular weight is 362 g/mol. The highest BCUT2D eigenvalue weighted by Gasteiger charge is 2.18. The first-order chi connectivity index (χ1) is 10.2. The summed E-state index contributed by atoms with van der Waals surface area (Å²) in [5, 5.41) is 0. The second-order valence-corrected chi connectivity index (χ2v) is 5.08. The van der Waals surface area contributed by atoms with Crippen LogP contribution in [0.25, 0.3) is 6.08 Å². The van der Waals surface area contributed by atoms with Gasteiger partial charge in [0.2, 0.25) is 5.91 Å². The Morgan fingerprint density at radius 1 is 1.22 bits per heavy atom. The molecule has 0 aliphatic rings. The molecule has 0 aliphatic heterocycles. The minimum Gasteiger partial charge on any atom is -0.338 e. The van der Waals surface area contributed by atoms with E-state index in [4.69, 9.17) is 11.5 Å². The van der Waals surface area contributed by atoms with Crippen LogP contribution >= 0.6 is 24.8 Å². The van der Waals surface area contributed by atoms with Crippen LogP contribution in [0.5, 0.6) is 0 Å². The summed E-state index contributed by atoms with van der Waals surface area (Å²) >= 11 is 0. The lowest BCUT2D eigenvalue weighted by Gasteiger charge is -2.23. The Hall–Kier alpha value is -1.07. The van der Waals surface area contributed by atoms with Gasteiger partial charge in [-0.3, -0.25) is 4.79 Å². The smallest absolute Gasteiger partial charge is 0.239 e. The van der Waals surface area contributed by atoms with E-state index in [9.17, 15) is 4.79 Å². The maximum atomic E-state index is 12.2. The van der Waals surface area contributed by atoms with Gasteiger partial charge in [-0.15, -0.1) is 24.8 Å². The van der Waals surface area contributed by atoms with Gasteiger partial charge in [0.15, 0.2) is 0 Å². The van der Waals surface area contributed by atoms with Crippen molar-refractivity contribution in [3.8, 4) is 0 Å². The van der Waals surface area contributed by atoms with Crippen LogP contribution in [-0.2, 0) is 4.79 Å². The van der Waals surface area contributed by atoms with Gasteiger partial charge in [0.25, 0.3) is 0 Å². The van der Waals surface area contributed by atoms with Crippen molar-refractivity contribution in [3.05, 3.63) is 42.0 Å². The molecule has 132 valence electrons. The number of nitrogens with two attached hydrogens (primary N) is 2. The van der Waals surface area contributed by atoms with Crippen LogP contribution in [0.3, 0.4) is 0 Å². The van der Waals surface area contributed by atoms with E-state index >= 15 is 0 Å². The van der Waals surface area contributed by atoms with Crippen LogP contribution in [0.15, 0.2) is 36.4 Å². The molecule has 1 rings (SSSR count). The molecule has 1 aromatic rings. The van der Waals surface area contributed by atoms with Crippen molar-refractivity contribution in [2.75, 3.05) is 19.6 Å². The minimum absolute atomic E-state index is 0. The Labute approximate surface area is 152 Å². The molecule has 0 unspecified atom stereocenters.